The van der Waals surface area contributed by atoms with Crippen LogP contribution in [0.2, 0.25) is 5.02 Å². The van der Waals surface area contributed by atoms with Crippen LogP contribution in [0.25, 0.3) is 0 Å². The van der Waals surface area contributed by atoms with Gasteiger partial charge in [0, 0.05) is 13.1 Å². The largest absolute Gasteiger partial charge is 0.382 e. The molecular formula is C13H20ClN3O. The highest BCUT2D eigenvalue weighted by molar-refractivity contribution is 6.32. The summed E-state index contributed by atoms with van der Waals surface area (Å²) in [5.41, 5.74) is 0.861. The SMILES string of the molecule is CCCn1ncc(NCC2CC2(C)C)c(Cl)c1=O. The Morgan fingerprint density at radius 2 is 2.28 bits per heavy atom. The second-order valence-corrected chi connectivity index (χ2v) is 6.05. The smallest absolute Gasteiger partial charge is 0.287 e. The molecule has 100 valence electrons. The summed E-state index contributed by atoms with van der Waals surface area (Å²) in [6, 6.07) is 0. The van der Waals surface area contributed by atoms with Gasteiger partial charge in [0.05, 0.1) is 11.9 Å². The highest BCUT2D eigenvalue weighted by Crippen LogP contribution is 2.51. The molecule has 1 aliphatic carbocycles. The zero-order valence-corrected chi connectivity index (χ0v) is 11.9. The van der Waals surface area contributed by atoms with E-state index >= 15 is 0 Å². The van der Waals surface area contributed by atoms with Crippen LogP contribution in [0.4, 0.5) is 5.69 Å². The van der Waals surface area contributed by atoms with Gasteiger partial charge in [-0.2, -0.15) is 5.10 Å². The molecule has 0 radical (unpaired) electrons. The third kappa shape index (κ3) is 2.69. The molecule has 1 aromatic rings. The molecule has 0 bridgehead atoms. The van der Waals surface area contributed by atoms with Gasteiger partial charge in [0.1, 0.15) is 5.02 Å². The molecule has 0 saturated heterocycles. The molecule has 1 aliphatic rings. The molecule has 18 heavy (non-hydrogen) atoms. The summed E-state index contributed by atoms with van der Waals surface area (Å²) in [5.74, 6) is 0.659. The summed E-state index contributed by atoms with van der Waals surface area (Å²) >= 11 is 6.07. The van der Waals surface area contributed by atoms with Crippen molar-refractivity contribution in [3.05, 3.63) is 21.6 Å². The highest BCUT2D eigenvalue weighted by atomic mass is 35.5. The van der Waals surface area contributed by atoms with Gasteiger partial charge in [0.25, 0.3) is 5.56 Å². The molecule has 1 fully saturated rings. The van der Waals surface area contributed by atoms with Crippen molar-refractivity contribution in [2.75, 3.05) is 11.9 Å². The van der Waals surface area contributed by atoms with Gasteiger partial charge < -0.3 is 5.32 Å². The van der Waals surface area contributed by atoms with Crippen LogP contribution >= 0.6 is 11.6 Å². The Labute approximate surface area is 112 Å². The van der Waals surface area contributed by atoms with Crippen LogP contribution in [0.5, 0.6) is 0 Å². The van der Waals surface area contributed by atoms with Gasteiger partial charge in [-0.15, -0.1) is 0 Å². The maximum atomic E-state index is 11.9. The van der Waals surface area contributed by atoms with Gasteiger partial charge in [-0.1, -0.05) is 32.4 Å². The molecule has 1 unspecified atom stereocenters. The monoisotopic (exact) mass is 269 g/mol. The molecule has 1 saturated carbocycles. The van der Waals surface area contributed by atoms with Crippen molar-refractivity contribution < 1.29 is 0 Å². The van der Waals surface area contributed by atoms with E-state index in [1.54, 1.807) is 6.20 Å². The summed E-state index contributed by atoms with van der Waals surface area (Å²) in [6.45, 7) is 7.96. The minimum Gasteiger partial charge on any atom is -0.382 e. The second kappa shape index (κ2) is 4.92. The van der Waals surface area contributed by atoms with Crippen molar-refractivity contribution in [1.82, 2.24) is 9.78 Å². The van der Waals surface area contributed by atoms with E-state index in [0.29, 0.717) is 23.6 Å². The third-order valence-electron chi connectivity index (χ3n) is 3.68. The molecule has 0 spiro atoms. The number of aromatic nitrogens is 2. The minimum atomic E-state index is -0.210. The van der Waals surface area contributed by atoms with E-state index in [-0.39, 0.29) is 10.6 Å². The van der Waals surface area contributed by atoms with Crippen LogP contribution in [0.1, 0.15) is 33.6 Å². The minimum absolute atomic E-state index is 0.210. The summed E-state index contributed by atoms with van der Waals surface area (Å²) < 4.78 is 1.41. The number of rotatable bonds is 5. The van der Waals surface area contributed by atoms with E-state index < -0.39 is 0 Å². The Hall–Kier alpha value is -1.03. The maximum absolute atomic E-state index is 11.9. The van der Waals surface area contributed by atoms with Crippen LogP contribution in [-0.4, -0.2) is 16.3 Å². The average Bonchev–Trinajstić information content (AvgIpc) is 2.92. The molecule has 1 aromatic heterocycles. The van der Waals surface area contributed by atoms with Gasteiger partial charge >= 0.3 is 0 Å². The van der Waals surface area contributed by atoms with Crippen molar-refractivity contribution in [1.29, 1.82) is 0 Å². The zero-order chi connectivity index (χ0) is 13.3. The Balaban J connectivity index is 2.05. The molecule has 2 rings (SSSR count). The predicted octanol–water partition coefficient (Wildman–Crippen LogP) is 2.76. The van der Waals surface area contributed by atoms with E-state index in [9.17, 15) is 4.79 Å². The Morgan fingerprint density at radius 1 is 1.61 bits per heavy atom. The first-order valence-electron chi connectivity index (χ1n) is 6.45. The van der Waals surface area contributed by atoms with E-state index in [2.05, 4.69) is 24.3 Å². The summed E-state index contributed by atoms with van der Waals surface area (Å²) in [6.07, 6.45) is 3.74. The van der Waals surface area contributed by atoms with Crippen molar-refractivity contribution in [3.8, 4) is 0 Å². The van der Waals surface area contributed by atoms with Crippen molar-refractivity contribution in [2.45, 2.75) is 40.2 Å². The van der Waals surface area contributed by atoms with E-state index in [4.69, 9.17) is 11.6 Å². The Bertz CT molecular complexity index is 495. The standard InChI is InChI=1S/C13H20ClN3O/c1-4-5-17-12(18)11(14)10(8-16-17)15-7-9-6-13(9,2)3/h8-9,15H,4-7H2,1-3H3. The number of hydrogen-bond donors (Lipinski definition) is 1. The average molecular weight is 270 g/mol. The second-order valence-electron chi connectivity index (χ2n) is 5.67. The fourth-order valence-corrected chi connectivity index (χ4v) is 2.33. The lowest BCUT2D eigenvalue weighted by atomic mass is 10.1. The van der Waals surface area contributed by atoms with Crippen molar-refractivity contribution in [2.24, 2.45) is 11.3 Å². The zero-order valence-electron chi connectivity index (χ0n) is 11.2. The summed E-state index contributed by atoms with van der Waals surface area (Å²) in [5, 5.41) is 7.60. The van der Waals surface area contributed by atoms with E-state index in [0.717, 1.165) is 13.0 Å². The van der Waals surface area contributed by atoms with Gasteiger partial charge in [0.15, 0.2) is 0 Å². The predicted molar refractivity (Wildman–Crippen MR) is 74.2 cm³/mol. The van der Waals surface area contributed by atoms with Crippen LogP contribution in [0.15, 0.2) is 11.0 Å². The van der Waals surface area contributed by atoms with Crippen molar-refractivity contribution in [3.63, 3.8) is 0 Å². The third-order valence-corrected chi connectivity index (χ3v) is 4.04. The topological polar surface area (TPSA) is 46.9 Å². The maximum Gasteiger partial charge on any atom is 0.287 e. The van der Waals surface area contributed by atoms with Crippen molar-refractivity contribution >= 4 is 17.3 Å². The normalized spacial score (nSPS) is 20.8. The Morgan fingerprint density at radius 3 is 2.83 bits per heavy atom. The van der Waals surface area contributed by atoms with Crippen LogP contribution in [0.3, 0.4) is 0 Å². The lowest BCUT2D eigenvalue weighted by molar-refractivity contribution is 0.564. The van der Waals surface area contributed by atoms with Gasteiger partial charge in [0.2, 0.25) is 0 Å². The fourth-order valence-electron chi connectivity index (χ4n) is 2.12. The molecular weight excluding hydrogens is 250 g/mol. The number of anilines is 1. The number of nitrogens with one attached hydrogen (secondary N) is 1. The van der Waals surface area contributed by atoms with Gasteiger partial charge in [-0.3, -0.25) is 4.79 Å². The molecule has 0 amide bonds. The van der Waals surface area contributed by atoms with E-state index in [1.807, 2.05) is 6.92 Å². The highest BCUT2D eigenvalue weighted by Gasteiger charge is 2.45. The number of nitrogens with zero attached hydrogens (tertiary/aromatic N) is 2. The van der Waals surface area contributed by atoms with Gasteiger partial charge in [-0.05, 0) is 24.2 Å². The molecule has 1 atom stereocenters. The lowest BCUT2D eigenvalue weighted by Crippen LogP contribution is -2.24. The first-order valence-corrected chi connectivity index (χ1v) is 6.83. The Kier molecular flexibility index (Phi) is 3.66. The number of hydrogen-bond acceptors (Lipinski definition) is 3. The molecule has 0 aliphatic heterocycles. The lowest BCUT2D eigenvalue weighted by Gasteiger charge is -2.10. The number of aryl methyl sites for hydroxylation is 1. The first-order chi connectivity index (χ1) is 8.45. The van der Waals surface area contributed by atoms with Crippen LogP contribution < -0.4 is 10.9 Å². The van der Waals surface area contributed by atoms with Gasteiger partial charge in [-0.25, -0.2) is 4.68 Å². The summed E-state index contributed by atoms with van der Waals surface area (Å²) in [4.78, 5) is 11.9. The molecule has 1 N–H and O–H groups in total. The number of halogens is 1. The van der Waals surface area contributed by atoms with Crippen LogP contribution in [0, 0.1) is 11.3 Å². The molecule has 1 heterocycles. The first kappa shape index (κ1) is 13.4. The van der Waals surface area contributed by atoms with Crippen LogP contribution in [-0.2, 0) is 6.54 Å². The molecule has 0 aromatic carbocycles. The molecule has 4 nitrogen and oxygen atoms in total. The summed E-state index contributed by atoms with van der Waals surface area (Å²) in [7, 11) is 0. The fraction of sp³-hybridized carbons (Fsp3) is 0.692. The molecule has 5 heteroatoms. The van der Waals surface area contributed by atoms with E-state index in [1.165, 1.54) is 11.1 Å². The quantitative estimate of drug-likeness (QED) is 0.894.